The van der Waals surface area contributed by atoms with Gasteiger partial charge < -0.3 is 9.64 Å². The first-order valence-corrected chi connectivity index (χ1v) is 8.68. The lowest BCUT2D eigenvalue weighted by Crippen LogP contribution is -3.11. The van der Waals surface area contributed by atoms with Crippen LogP contribution in [0.4, 0.5) is 10.5 Å². The van der Waals surface area contributed by atoms with E-state index in [0.29, 0.717) is 12.3 Å². The SMILES string of the molecule is CC[NH+](CC)CCN=CC1C(=O)NC(=O)N(c2ccccc2OC)C1=O. The summed E-state index contributed by atoms with van der Waals surface area (Å²) in [6.07, 6.45) is 1.33. The minimum Gasteiger partial charge on any atom is -0.495 e. The van der Waals surface area contributed by atoms with E-state index in [-0.39, 0.29) is 5.69 Å². The van der Waals surface area contributed by atoms with Crippen LogP contribution >= 0.6 is 0 Å². The second-order valence-electron chi connectivity index (χ2n) is 5.88. The van der Waals surface area contributed by atoms with Gasteiger partial charge >= 0.3 is 6.03 Å². The minimum atomic E-state index is -1.13. The van der Waals surface area contributed by atoms with Gasteiger partial charge in [0.15, 0.2) is 5.92 Å². The van der Waals surface area contributed by atoms with Crippen molar-refractivity contribution in [1.29, 1.82) is 0 Å². The number of amides is 4. The van der Waals surface area contributed by atoms with E-state index in [1.54, 1.807) is 24.3 Å². The molecule has 0 saturated carbocycles. The van der Waals surface area contributed by atoms with E-state index < -0.39 is 23.8 Å². The number of rotatable bonds is 8. The number of hydrogen-bond donors (Lipinski definition) is 2. The Hall–Kier alpha value is -2.74. The molecule has 4 amide bonds. The van der Waals surface area contributed by atoms with E-state index in [1.165, 1.54) is 18.2 Å². The molecular weight excluding hydrogens is 336 g/mol. The van der Waals surface area contributed by atoms with E-state index in [9.17, 15) is 14.4 Å². The molecule has 26 heavy (non-hydrogen) atoms. The Morgan fingerprint density at radius 3 is 2.58 bits per heavy atom. The smallest absolute Gasteiger partial charge is 0.335 e. The number of anilines is 1. The number of nitrogens with one attached hydrogen (secondary N) is 2. The van der Waals surface area contributed by atoms with E-state index >= 15 is 0 Å². The molecule has 1 aromatic rings. The highest BCUT2D eigenvalue weighted by molar-refractivity contribution is 6.32. The number of carbonyl (C=O) groups excluding carboxylic acids is 3. The van der Waals surface area contributed by atoms with Crippen molar-refractivity contribution in [3.8, 4) is 5.75 Å². The van der Waals surface area contributed by atoms with Gasteiger partial charge in [-0.3, -0.25) is 19.9 Å². The summed E-state index contributed by atoms with van der Waals surface area (Å²) in [5.41, 5.74) is 0.288. The van der Waals surface area contributed by atoms with E-state index in [2.05, 4.69) is 24.2 Å². The summed E-state index contributed by atoms with van der Waals surface area (Å²) in [7, 11) is 1.45. The maximum absolute atomic E-state index is 12.7. The van der Waals surface area contributed by atoms with Crippen molar-refractivity contribution in [2.75, 3.05) is 38.2 Å². The molecule has 140 valence electrons. The van der Waals surface area contributed by atoms with Gasteiger partial charge in [0.05, 0.1) is 39.0 Å². The predicted octanol–water partition coefficient (Wildman–Crippen LogP) is -0.110. The molecule has 1 aliphatic rings. The van der Waals surface area contributed by atoms with Crippen LogP contribution in [0.3, 0.4) is 0 Å². The second kappa shape index (κ2) is 9.10. The van der Waals surface area contributed by atoms with Crippen LogP contribution in [0, 0.1) is 5.92 Å². The molecular formula is C18H25N4O4+. The number of urea groups is 1. The van der Waals surface area contributed by atoms with Crippen molar-refractivity contribution < 1.29 is 24.0 Å². The van der Waals surface area contributed by atoms with Crippen molar-refractivity contribution >= 4 is 29.7 Å². The average molecular weight is 361 g/mol. The van der Waals surface area contributed by atoms with Crippen LogP contribution < -0.4 is 19.9 Å². The van der Waals surface area contributed by atoms with Gasteiger partial charge in [-0.25, -0.2) is 9.69 Å². The van der Waals surface area contributed by atoms with Crippen LogP contribution in [0.1, 0.15) is 13.8 Å². The number of benzene rings is 1. The summed E-state index contributed by atoms with van der Waals surface area (Å²) in [5, 5.41) is 2.21. The topological polar surface area (TPSA) is 92.5 Å². The van der Waals surface area contributed by atoms with Crippen LogP contribution in [0.2, 0.25) is 0 Å². The van der Waals surface area contributed by atoms with Gasteiger partial charge in [-0.1, -0.05) is 12.1 Å². The Balaban J connectivity index is 2.17. The van der Waals surface area contributed by atoms with Gasteiger partial charge in [0.2, 0.25) is 5.91 Å². The third kappa shape index (κ3) is 4.26. The number of hydrogen-bond acceptors (Lipinski definition) is 5. The zero-order valence-electron chi connectivity index (χ0n) is 15.3. The van der Waals surface area contributed by atoms with Crippen LogP contribution in [0.15, 0.2) is 29.3 Å². The fourth-order valence-corrected chi connectivity index (χ4v) is 2.77. The molecule has 2 rings (SSSR count). The van der Waals surface area contributed by atoms with Crippen LogP contribution in [-0.4, -0.2) is 57.3 Å². The number of nitrogens with zero attached hydrogens (tertiary/aromatic N) is 2. The van der Waals surface area contributed by atoms with Crippen LogP contribution in [-0.2, 0) is 9.59 Å². The molecule has 8 nitrogen and oxygen atoms in total. The molecule has 0 aliphatic carbocycles. The summed E-state index contributed by atoms with van der Waals surface area (Å²) in [6, 6.07) is 5.85. The normalized spacial score (nSPS) is 17.9. The summed E-state index contributed by atoms with van der Waals surface area (Å²) in [6.45, 7) is 7.50. The lowest BCUT2D eigenvalue weighted by Gasteiger charge is -2.29. The number of aliphatic imine (C=N–C) groups is 1. The number of barbiturate groups is 1. The first-order valence-electron chi connectivity index (χ1n) is 8.68. The molecule has 0 aromatic heterocycles. The number of carbonyl (C=O) groups is 3. The molecule has 1 atom stereocenters. The van der Waals surface area contributed by atoms with Gasteiger partial charge in [0, 0.05) is 6.21 Å². The molecule has 8 heteroatoms. The van der Waals surface area contributed by atoms with E-state index in [4.69, 9.17) is 4.74 Å². The molecule has 1 fully saturated rings. The highest BCUT2D eigenvalue weighted by Gasteiger charge is 2.41. The lowest BCUT2D eigenvalue weighted by molar-refractivity contribution is -0.894. The average Bonchev–Trinajstić information content (AvgIpc) is 2.64. The maximum Gasteiger partial charge on any atom is 0.335 e. The van der Waals surface area contributed by atoms with Crippen LogP contribution in [0.25, 0.3) is 0 Å². The van der Waals surface area contributed by atoms with Crippen LogP contribution in [0.5, 0.6) is 5.75 Å². The molecule has 1 heterocycles. The Morgan fingerprint density at radius 2 is 1.92 bits per heavy atom. The van der Waals surface area contributed by atoms with Gasteiger partial charge in [-0.15, -0.1) is 0 Å². The van der Waals surface area contributed by atoms with Gasteiger partial charge in [-0.05, 0) is 26.0 Å². The second-order valence-corrected chi connectivity index (χ2v) is 5.88. The number of imide groups is 2. The zero-order chi connectivity index (χ0) is 19.1. The Labute approximate surface area is 152 Å². The van der Waals surface area contributed by atoms with Gasteiger partial charge in [-0.2, -0.15) is 0 Å². The maximum atomic E-state index is 12.7. The van der Waals surface area contributed by atoms with Crippen molar-refractivity contribution in [3.05, 3.63) is 24.3 Å². The van der Waals surface area contributed by atoms with Gasteiger partial charge in [0.1, 0.15) is 5.75 Å². The summed E-state index contributed by atoms with van der Waals surface area (Å²) in [5.74, 6) is -2.07. The third-order valence-electron chi connectivity index (χ3n) is 4.38. The fraction of sp³-hybridized carbons (Fsp3) is 0.444. The first-order chi connectivity index (χ1) is 12.5. The monoisotopic (exact) mass is 361 g/mol. The standard InChI is InChI=1S/C18H24N4O4/c1-4-21(5-2)11-10-19-12-13-16(23)20-18(25)22(17(13)24)14-8-6-7-9-15(14)26-3/h6-9,12-13H,4-5,10-11H2,1-3H3,(H,20,23,25)/p+1. The number of ether oxygens (including phenoxy) is 1. The molecule has 0 bridgehead atoms. The Bertz CT molecular complexity index is 700. The number of para-hydroxylation sites is 2. The Kier molecular flexibility index (Phi) is 6.85. The zero-order valence-corrected chi connectivity index (χ0v) is 15.3. The molecule has 1 aliphatic heterocycles. The van der Waals surface area contributed by atoms with Crippen molar-refractivity contribution in [2.45, 2.75) is 13.8 Å². The summed E-state index contributed by atoms with van der Waals surface area (Å²) < 4.78 is 5.21. The van der Waals surface area contributed by atoms with E-state index in [0.717, 1.165) is 24.5 Å². The number of quaternary nitrogens is 1. The van der Waals surface area contributed by atoms with Crippen molar-refractivity contribution in [2.24, 2.45) is 10.9 Å². The molecule has 0 radical (unpaired) electrons. The fourth-order valence-electron chi connectivity index (χ4n) is 2.77. The molecule has 0 spiro atoms. The first kappa shape index (κ1) is 19.6. The summed E-state index contributed by atoms with van der Waals surface area (Å²) >= 11 is 0. The number of likely N-dealkylation sites (N-methyl/N-ethyl adjacent to an activating group) is 1. The Morgan fingerprint density at radius 1 is 1.23 bits per heavy atom. The predicted molar refractivity (Wildman–Crippen MR) is 97.8 cm³/mol. The molecule has 2 N–H and O–H groups in total. The minimum absolute atomic E-state index is 0.288. The molecule has 1 unspecified atom stereocenters. The third-order valence-corrected chi connectivity index (χ3v) is 4.38. The lowest BCUT2D eigenvalue weighted by atomic mass is 10.1. The van der Waals surface area contributed by atoms with Crippen molar-refractivity contribution in [3.63, 3.8) is 0 Å². The quantitative estimate of drug-likeness (QED) is 0.499. The highest BCUT2D eigenvalue weighted by atomic mass is 16.5. The molecule has 1 aromatic carbocycles. The number of methoxy groups -OCH3 is 1. The van der Waals surface area contributed by atoms with Crippen molar-refractivity contribution in [1.82, 2.24) is 5.32 Å². The molecule has 1 saturated heterocycles. The largest absolute Gasteiger partial charge is 0.495 e. The highest BCUT2D eigenvalue weighted by Crippen LogP contribution is 2.30. The van der Waals surface area contributed by atoms with Gasteiger partial charge in [0.25, 0.3) is 5.91 Å². The van der Waals surface area contributed by atoms with E-state index in [1.807, 2.05) is 0 Å². The summed E-state index contributed by atoms with van der Waals surface area (Å²) in [4.78, 5) is 43.6.